The fourth-order valence-electron chi connectivity index (χ4n) is 2.70. The Bertz CT molecular complexity index is 1070. The summed E-state index contributed by atoms with van der Waals surface area (Å²) in [6.45, 7) is 2.14. The first-order valence-corrected chi connectivity index (χ1v) is 10.6. The van der Waals surface area contributed by atoms with Crippen LogP contribution in [0.1, 0.15) is 24.7 Å². The van der Waals surface area contributed by atoms with Gasteiger partial charge >= 0.3 is 0 Å². The minimum atomic E-state index is -3.86. The van der Waals surface area contributed by atoms with E-state index < -0.39 is 15.8 Å². The van der Waals surface area contributed by atoms with Gasteiger partial charge in [-0.3, -0.25) is 0 Å². The van der Waals surface area contributed by atoms with Crippen LogP contribution in [0.4, 0.5) is 4.39 Å². The molecule has 0 saturated carbocycles. The van der Waals surface area contributed by atoms with Crippen LogP contribution < -0.4 is 9.46 Å². The number of benzene rings is 2. The number of aromatic amines is 1. The molecule has 7 nitrogen and oxygen atoms in total. The number of imidazole rings is 1. The Hall–Kier alpha value is -2.91. The summed E-state index contributed by atoms with van der Waals surface area (Å²) in [5, 5.41) is 9.99. The second-order valence-corrected chi connectivity index (χ2v) is 8.15. The molecule has 0 saturated heterocycles. The predicted molar refractivity (Wildman–Crippen MR) is 106 cm³/mol. The number of nitrogens with zero attached hydrogens (tertiary/aromatic N) is 1. The molecule has 0 atom stereocenters. The third-order valence-electron chi connectivity index (χ3n) is 4.30. The quantitative estimate of drug-likeness (QED) is 0.461. The molecule has 1 heterocycles. The van der Waals surface area contributed by atoms with Gasteiger partial charge in [-0.1, -0.05) is 13.0 Å². The van der Waals surface area contributed by atoms with Gasteiger partial charge in [0.25, 0.3) is 0 Å². The monoisotopic (exact) mass is 419 g/mol. The molecule has 0 aliphatic heterocycles. The number of phenolic OH excluding ortho intramolecular Hbond substituents is 1. The lowest BCUT2D eigenvalue weighted by Gasteiger charge is -2.11. The molecule has 0 unspecified atom stereocenters. The lowest BCUT2D eigenvalue weighted by Crippen LogP contribution is -2.25. The van der Waals surface area contributed by atoms with Gasteiger partial charge in [-0.05, 0) is 48.7 Å². The van der Waals surface area contributed by atoms with Crippen LogP contribution in [-0.4, -0.2) is 30.0 Å². The lowest BCUT2D eigenvalue weighted by atomic mass is 10.1. The zero-order valence-corrected chi connectivity index (χ0v) is 16.7. The number of aryl methyl sites for hydroxylation is 2. The standard InChI is InChI=1S/C20H22FN3O4S/c1-2-14-5-7-19(17(25)12-14)28-18-8-6-15(13-16(18)21)29(26,27)24-9-3-4-20-22-10-11-23-20/h5-8,10-13,24-25H,2-4,9H2,1H3,(H,22,23). The van der Waals surface area contributed by atoms with Gasteiger partial charge in [0.15, 0.2) is 23.1 Å². The number of aromatic nitrogens is 2. The number of sulfonamides is 1. The molecular formula is C20H22FN3O4S. The largest absolute Gasteiger partial charge is 0.504 e. The fourth-order valence-corrected chi connectivity index (χ4v) is 3.79. The summed E-state index contributed by atoms with van der Waals surface area (Å²) in [5.74, 6) is -0.276. The average molecular weight is 419 g/mol. The van der Waals surface area contributed by atoms with Gasteiger partial charge in [-0.15, -0.1) is 0 Å². The number of hydrogen-bond donors (Lipinski definition) is 3. The second kappa shape index (κ2) is 9.06. The normalized spacial score (nSPS) is 11.5. The predicted octanol–water partition coefficient (Wildman–Crippen LogP) is 3.52. The number of hydrogen-bond acceptors (Lipinski definition) is 5. The van der Waals surface area contributed by atoms with Gasteiger partial charge in [0, 0.05) is 25.4 Å². The summed E-state index contributed by atoms with van der Waals surface area (Å²) < 4.78 is 47.0. The minimum absolute atomic E-state index is 0.0905. The van der Waals surface area contributed by atoms with Crippen LogP contribution in [0.5, 0.6) is 17.2 Å². The molecule has 0 aliphatic rings. The molecule has 3 rings (SSSR count). The zero-order chi connectivity index (χ0) is 20.9. The molecule has 0 fully saturated rings. The number of aromatic hydroxyl groups is 1. The van der Waals surface area contributed by atoms with E-state index in [0.29, 0.717) is 12.8 Å². The van der Waals surface area contributed by atoms with Gasteiger partial charge in [0.1, 0.15) is 5.82 Å². The van der Waals surface area contributed by atoms with Crippen LogP contribution in [-0.2, 0) is 22.9 Å². The Labute approximate surface area is 168 Å². The first-order chi connectivity index (χ1) is 13.9. The van der Waals surface area contributed by atoms with E-state index in [-0.39, 0.29) is 28.7 Å². The van der Waals surface area contributed by atoms with Gasteiger partial charge in [0.2, 0.25) is 10.0 Å². The van der Waals surface area contributed by atoms with E-state index in [4.69, 9.17) is 4.74 Å². The molecule has 0 amide bonds. The van der Waals surface area contributed by atoms with E-state index in [0.717, 1.165) is 23.9 Å². The van der Waals surface area contributed by atoms with Crippen molar-refractivity contribution in [2.75, 3.05) is 6.54 Å². The molecule has 2 aromatic carbocycles. The summed E-state index contributed by atoms with van der Waals surface area (Å²) in [6.07, 6.45) is 5.21. The lowest BCUT2D eigenvalue weighted by molar-refractivity contribution is 0.395. The third kappa shape index (κ3) is 5.33. The highest BCUT2D eigenvalue weighted by Gasteiger charge is 2.17. The Morgan fingerprint density at radius 1 is 1.21 bits per heavy atom. The van der Waals surface area contributed by atoms with Crippen LogP contribution in [0.2, 0.25) is 0 Å². The maximum atomic E-state index is 14.4. The second-order valence-electron chi connectivity index (χ2n) is 6.39. The van der Waals surface area contributed by atoms with Crippen LogP contribution >= 0.6 is 0 Å². The maximum absolute atomic E-state index is 14.4. The molecule has 29 heavy (non-hydrogen) atoms. The molecular weight excluding hydrogens is 397 g/mol. The minimum Gasteiger partial charge on any atom is -0.504 e. The van der Waals surface area contributed by atoms with Gasteiger partial charge in [-0.2, -0.15) is 0 Å². The molecule has 0 aliphatic carbocycles. The number of phenols is 1. The van der Waals surface area contributed by atoms with Crippen molar-refractivity contribution >= 4 is 10.0 Å². The Balaban J connectivity index is 1.64. The van der Waals surface area contributed by atoms with Crippen LogP contribution in [0.15, 0.2) is 53.7 Å². The summed E-state index contributed by atoms with van der Waals surface area (Å²) in [4.78, 5) is 6.80. The highest BCUT2D eigenvalue weighted by atomic mass is 32.2. The van der Waals surface area contributed by atoms with E-state index in [2.05, 4.69) is 14.7 Å². The molecule has 3 aromatic rings. The smallest absolute Gasteiger partial charge is 0.240 e. The van der Waals surface area contributed by atoms with Crippen molar-refractivity contribution in [1.82, 2.24) is 14.7 Å². The molecule has 0 radical (unpaired) electrons. The number of ether oxygens (including phenoxy) is 1. The summed E-state index contributed by atoms with van der Waals surface area (Å²) in [7, 11) is -3.86. The Morgan fingerprint density at radius 3 is 2.66 bits per heavy atom. The highest BCUT2D eigenvalue weighted by molar-refractivity contribution is 7.89. The summed E-state index contributed by atoms with van der Waals surface area (Å²) >= 11 is 0. The molecule has 9 heteroatoms. The van der Waals surface area contributed by atoms with Crippen LogP contribution in [0.3, 0.4) is 0 Å². The van der Waals surface area contributed by atoms with Gasteiger partial charge < -0.3 is 14.8 Å². The Morgan fingerprint density at radius 2 is 2.00 bits per heavy atom. The number of rotatable bonds is 9. The van der Waals surface area contributed by atoms with Crippen molar-refractivity contribution in [2.24, 2.45) is 0 Å². The van der Waals surface area contributed by atoms with Crippen molar-refractivity contribution < 1.29 is 22.7 Å². The molecule has 1 aromatic heterocycles. The molecule has 154 valence electrons. The summed E-state index contributed by atoms with van der Waals surface area (Å²) in [6, 6.07) is 8.21. The van der Waals surface area contributed by atoms with Gasteiger partial charge in [0.05, 0.1) is 4.90 Å². The fraction of sp³-hybridized carbons (Fsp3) is 0.250. The number of nitrogens with one attached hydrogen (secondary N) is 2. The van der Waals surface area contributed by atoms with E-state index >= 15 is 0 Å². The highest BCUT2D eigenvalue weighted by Crippen LogP contribution is 2.33. The van der Waals surface area contributed by atoms with Crippen molar-refractivity contribution in [3.63, 3.8) is 0 Å². The summed E-state index contributed by atoms with van der Waals surface area (Å²) in [5.41, 5.74) is 0.912. The van der Waals surface area contributed by atoms with Crippen molar-refractivity contribution in [3.05, 3.63) is 66.0 Å². The van der Waals surface area contributed by atoms with E-state index in [1.165, 1.54) is 12.1 Å². The molecule has 3 N–H and O–H groups in total. The number of halogens is 1. The topological polar surface area (TPSA) is 104 Å². The Kier molecular flexibility index (Phi) is 6.50. The van der Waals surface area contributed by atoms with E-state index in [1.54, 1.807) is 30.6 Å². The maximum Gasteiger partial charge on any atom is 0.240 e. The molecule has 0 bridgehead atoms. The average Bonchev–Trinajstić information content (AvgIpc) is 3.21. The number of H-pyrrole nitrogens is 1. The molecule has 0 spiro atoms. The zero-order valence-electron chi connectivity index (χ0n) is 15.9. The first-order valence-electron chi connectivity index (χ1n) is 9.16. The van der Waals surface area contributed by atoms with E-state index in [9.17, 15) is 17.9 Å². The van der Waals surface area contributed by atoms with Crippen molar-refractivity contribution in [1.29, 1.82) is 0 Å². The van der Waals surface area contributed by atoms with Crippen molar-refractivity contribution in [2.45, 2.75) is 31.1 Å². The van der Waals surface area contributed by atoms with Crippen LogP contribution in [0.25, 0.3) is 0 Å². The SMILES string of the molecule is CCc1ccc(Oc2ccc(S(=O)(=O)NCCCc3ncc[nH]3)cc2F)c(O)c1. The van der Waals surface area contributed by atoms with Crippen LogP contribution in [0, 0.1) is 5.82 Å². The first kappa shape index (κ1) is 20.8. The van der Waals surface area contributed by atoms with Gasteiger partial charge in [-0.25, -0.2) is 22.5 Å². The third-order valence-corrected chi connectivity index (χ3v) is 5.76. The van der Waals surface area contributed by atoms with Crippen molar-refractivity contribution in [3.8, 4) is 17.2 Å². The van der Waals surface area contributed by atoms with E-state index in [1.807, 2.05) is 6.92 Å².